The summed E-state index contributed by atoms with van der Waals surface area (Å²) in [6.07, 6.45) is 4.78. The lowest BCUT2D eigenvalue weighted by molar-refractivity contribution is -0.657. The summed E-state index contributed by atoms with van der Waals surface area (Å²) in [4.78, 5) is 0. The SMILES string of the molecule is Cn1cc[n+](C)c1N=Nc1ccc(Cc2ccc(N)cc2)cc1.[Cl-]. The third kappa shape index (κ3) is 4.20. The topological polar surface area (TPSA) is 59.5 Å². The number of hydrogen-bond donors (Lipinski definition) is 1. The van der Waals surface area contributed by atoms with Crippen LogP contribution >= 0.6 is 0 Å². The van der Waals surface area contributed by atoms with Gasteiger partial charge in [0.2, 0.25) is 0 Å². The fourth-order valence-electron chi connectivity index (χ4n) is 2.38. The molecule has 0 aliphatic heterocycles. The number of halogens is 1. The van der Waals surface area contributed by atoms with Crippen molar-refractivity contribution in [2.24, 2.45) is 24.3 Å². The van der Waals surface area contributed by atoms with Gasteiger partial charge in [-0.1, -0.05) is 29.4 Å². The van der Waals surface area contributed by atoms with E-state index < -0.39 is 0 Å². The molecule has 0 spiro atoms. The molecule has 6 heteroatoms. The molecule has 24 heavy (non-hydrogen) atoms. The van der Waals surface area contributed by atoms with E-state index in [0.717, 1.165) is 23.7 Å². The van der Waals surface area contributed by atoms with Crippen LogP contribution in [0.1, 0.15) is 11.1 Å². The van der Waals surface area contributed by atoms with Crippen molar-refractivity contribution >= 4 is 17.3 Å². The van der Waals surface area contributed by atoms with Crippen LogP contribution in [0.3, 0.4) is 0 Å². The van der Waals surface area contributed by atoms with E-state index in [4.69, 9.17) is 5.73 Å². The second kappa shape index (κ2) is 7.75. The molecule has 3 rings (SSSR count). The van der Waals surface area contributed by atoms with Gasteiger partial charge in [-0.3, -0.25) is 0 Å². The number of anilines is 1. The van der Waals surface area contributed by atoms with Gasteiger partial charge in [-0.2, -0.15) is 0 Å². The van der Waals surface area contributed by atoms with Gasteiger partial charge >= 0.3 is 5.95 Å². The summed E-state index contributed by atoms with van der Waals surface area (Å²) < 4.78 is 3.86. The van der Waals surface area contributed by atoms with Crippen LogP contribution in [0, 0.1) is 0 Å². The van der Waals surface area contributed by atoms with Gasteiger partial charge in [0.05, 0.1) is 26.5 Å². The van der Waals surface area contributed by atoms with Crippen LogP contribution in [0.15, 0.2) is 71.2 Å². The van der Waals surface area contributed by atoms with E-state index >= 15 is 0 Å². The Bertz CT molecular complexity index is 800. The molecular weight excluding hydrogens is 322 g/mol. The van der Waals surface area contributed by atoms with Crippen molar-refractivity contribution in [3.05, 3.63) is 72.1 Å². The van der Waals surface area contributed by atoms with Crippen LogP contribution < -0.4 is 22.7 Å². The summed E-state index contributed by atoms with van der Waals surface area (Å²) in [6.45, 7) is 0. The van der Waals surface area contributed by atoms with Gasteiger partial charge in [-0.05, 0) is 41.8 Å². The van der Waals surface area contributed by atoms with Crippen molar-refractivity contribution in [3.63, 3.8) is 0 Å². The van der Waals surface area contributed by atoms with Gasteiger partial charge in [-0.15, -0.1) is 0 Å². The lowest BCUT2D eigenvalue weighted by Crippen LogP contribution is -3.00. The molecule has 0 amide bonds. The molecular formula is C18H20ClN5. The molecule has 0 saturated carbocycles. The predicted octanol–water partition coefficient (Wildman–Crippen LogP) is 0.442. The van der Waals surface area contributed by atoms with E-state index in [0.29, 0.717) is 0 Å². The third-order valence-corrected chi connectivity index (χ3v) is 3.72. The number of nitrogen functional groups attached to an aromatic ring is 1. The minimum Gasteiger partial charge on any atom is -1.00 e. The minimum atomic E-state index is 0. The zero-order valence-corrected chi connectivity index (χ0v) is 14.5. The molecule has 0 unspecified atom stereocenters. The average Bonchev–Trinajstić information content (AvgIpc) is 2.88. The molecule has 0 aliphatic rings. The highest BCUT2D eigenvalue weighted by molar-refractivity contribution is 5.43. The largest absolute Gasteiger partial charge is 1.00 e. The Kier molecular flexibility index (Phi) is 5.71. The highest BCUT2D eigenvalue weighted by Gasteiger charge is 2.10. The number of benzene rings is 2. The maximum absolute atomic E-state index is 5.71. The Morgan fingerprint density at radius 2 is 1.54 bits per heavy atom. The Morgan fingerprint density at radius 3 is 2.08 bits per heavy atom. The van der Waals surface area contributed by atoms with E-state index in [1.165, 1.54) is 11.1 Å². The first kappa shape index (κ1) is 17.7. The second-order valence-electron chi connectivity index (χ2n) is 5.60. The standard InChI is InChI=1S/C18H20N5.ClH/c1-22-11-12-23(2)18(22)21-20-17-9-5-15(6-10-17)13-14-3-7-16(19)8-4-14;/h3-12H,13,19H2,1-2H3;1H/q+1;/p-1. The van der Waals surface area contributed by atoms with Crippen LogP contribution in [0.2, 0.25) is 0 Å². The Morgan fingerprint density at radius 1 is 0.958 bits per heavy atom. The Balaban J connectivity index is 0.00000208. The van der Waals surface area contributed by atoms with Gasteiger partial charge in [0.25, 0.3) is 0 Å². The number of nitrogens with two attached hydrogens (primary N) is 1. The van der Waals surface area contributed by atoms with Crippen molar-refractivity contribution in [2.45, 2.75) is 6.42 Å². The molecule has 0 saturated heterocycles. The van der Waals surface area contributed by atoms with Crippen molar-refractivity contribution in [1.82, 2.24) is 4.57 Å². The van der Waals surface area contributed by atoms with Gasteiger partial charge in [0, 0.05) is 10.8 Å². The van der Waals surface area contributed by atoms with Gasteiger partial charge < -0.3 is 18.1 Å². The van der Waals surface area contributed by atoms with Crippen LogP contribution in [0.25, 0.3) is 0 Å². The first-order chi connectivity index (χ1) is 11.1. The molecule has 3 aromatic rings. The van der Waals surface area contributed by atoms with Crippen molar-refractivity contribution in [2.75, 3.05) is 5.73 Å². The molecule has 124 valence electrons. The molecule has 5 nitrogen and oxygen atoms in total. The second-order valence-corrected chi connectivity index (χ2v) is 5.60. The van der Waals surface area contributed by atoms with Crippen molar-refractivity contribution < 1.29 is 17.0 Å². The fraction of sp³-hybridized carbons (Fsp3) is 0.167. The number of imidazole rings is 1. The number of azo groups is 1. The third-order valence-electron chi connectivity index (χ3n) is 3.72. The number of hydrogen-bond acceptors (Lipinski definition) is 3. The molecule has 0 bridgehead atoms. The molecule has 0 atom stereocenters. The molecule has 1 aromatic heterocycles. The summed E-state index contributed by atoms with van der Waals surface area (Å²) in [7, 11) is 3.90. The predicted molar refractivity (Wildman–Crippen MR) is 90.9 cm³/mol. The molecule has 2 N–H and O–H groups in total. The zero-order valence-electron chi connectivity index (χ0n) is 13.7. The summed E-state index contributed by atoms with van der Waals surface area (Å²) in [5.74, 6) is 0.802. The number of aryl methyl sites for hydroxylation is 2. The molecule has 0 aliphatic carbocycles. The van der Waals surface area contributed by atoms with E-state index in [-0.39, 0.29) is 12.4 Å². The van der Waals surface area contributed by atoms with E-state index in [1.54, 1.807) is 0 Å². The minimum absolute atomic E-state index is 0. The maximum Gasteiger partial charge on any atom is 0.421 e. The number of aromatic nitrogens is 2. The van der Waals surface area contributed by atoms with E-state index in [2.05, 4.69) is 34.5 Å². The van der Waals surface area contributed by atoms with E-state index in [9.17, 15) is 0 Å². The maximum atomic E-state index is 5.71. The normalized spacial score (nSPS) is 10.8. The molecule has 1 heterocycles. The number of rotatable bonds is 4. The summed E-state index contributed by atoms with van der Waals surface area (Å²) in [5, 5.41) is 8.59. The highest BCUT2D eigenvalue weighted by Crippen LogP contribution is 2.18. The average molecular weight is 342 g/mol. The Labute approximate surface area is 147 Å². The Hall–Kier alpha value is -2.66. The van der Waals surface area contributed by atoms with E-state index in [1.807, 2.05) is 59.9 Å². The van der Waals surface area contributed by atoms with Crippen molar-refractivity contribution in [1.29, 1.82) is 0 Å². The molecule has 0 fully saturated rings. The van der Waals surface area contributed by atoms with Gasteiger partial charge in [0.15, 0.2) is 0 Å². The fourth-order valence-corrected chi connectivity index (χ4v) is 2.38. The van der Waals surface area contributed by atoms with Crippen LogP contribution in [-0.4, -0.2) is 4.57 Å². The first-order valence-corrected chi connectivity index (χ1v) is 7.48. The van der Waals surface area contributed by atoms with Crippen molar-refractivity contribution in [3.8, 4) is 0 Å². The highest BCUT2D eigenvalue weighted by atomic mass is 35.5. The summed E-state index contributed by atoms with van der Waals surface area (Å²) in [5.41, 5.74) is 9.81. The van der Waals surface area contributed by atoms with Crippen LogP contribution in [0.4, 0.5) is 17.3 Å². The lowest BCUT2D eigenvalue weighted by atomic mass is 10.0. The summed E-state index contributed by atoms with van der Waals surface area (Å²) in [6, 6.07) is 16.1. The van der Waals surface area contributed by atoms with Crippen LogP contribution in [0.5, 0.6) is 0 Å². The molecule has 2 aromatic carbocycles. The zero-order chi connectivity index (χ0) is 16.2. The van der Waals surface area contributed by atoms with Gasteiger partial charge in [0.1, 0.15) is 5.69 Å². The first-order valence-electron chi connectivity index (χ1n) is 7.48. The van der Waals surface area contributed by atoms with Gasteiger partial charge in [-0.25, -0.2) is 9.13 Å². The quantitative estimate of drug-likeness (QED) is 0.418. The smallest absolute Gasteiger partial charge is 0.421 e. The lowest BCUT2D eigenvalue weighted by Gasteiger charge is -2.02. The van der Waals surface area contributed by atoms with Crippen LogP contribution in [-0.2, 0) is 20.5 Å². The summed E-state index contributed by atoms with van der Waals surface area (Å²) >= 11 is 0. The molecule has 0 radical (unpaired) electrons. The monoisotopic (exact) mass is 341 g/mol. The number of nitrogens with zero attached hydrogens (tertiary/aromatic N) is 4.